The van der Waals surface area contributed by atoms with Gasteiger partial charge in [-0.15, -0.1) is 24.2 Å². The molecule has 0 aliphatic rings. The summed E-state index contributed by atoms with van der Waals surface area (Å²) in [6.07, 6.45) is 0. The Morgan fingerprint density at radius 3 is 2.47 bits per heavy atom. The summed E-state index contributed by atoms with van der Waals surface area (Å²) < 4.78 is 22.3. The number of nitriles is 1. The van der Waals surface area contributed by atoms with Gasteiger partial charge >= 0.3 is 0 Å². The number of benzene rings is 1. The van der Waals surface area contributed by atoms with Gasteiger partial charge in [-0.25, -0.2) is 8.42 Å². The number of halogens is 2. The van der Waals surface area contributed by atoms with Crippen molar-refractivity contribution in [2.75, 3.05) is 0 Å². The molecular weight excluding hydrogens is 277 g/mol. The summed E-state index contributed by atoms with van der Waals surface area (Å²) in [5.74, 6) is 0.0633. The third-order valence-electron chi connectivity index (χ3n) is 1.69. The van der Waals surface area contributed by atoms with E-state index >= 15 is 0 Å². The quantitative estimate of drug-likeness (QED) is 0.515. The predicted molar refractivity (Wildman–Crippen MR) is 61.0 cm³/mol. The van der Waals surface area contributed by atoms with Gasteiger partial charge in [0.1, 0.15) is 0 Å². The monoisotopic (exact) mass is 281 g/mol. The van der Waals surface area contributed by atoms with Crippen molar-refractivity contribution in [2.24, 2.45) is 0 Å². The molecule has 1 rings (SSSR count). The summed E-state index contributed by atoms with van der Waals surface area (Å²) in [6.45, 7) is 0. The fourth-order valence-corrected chi connectivity index (χ4v) is 3.05. The lowest BCUT2D eigenvalue weighted by Gasteiger charge is -2.06. The van der Waals surface area contributed by atoms with Gasteiger partial charge in [-0.3, -0.25) is 0 Å². The number of nitrogens with zero attached hydrogens (tertiary/aromatic N) is 1. The van der Waals surface area contributed by atoms with Crippen LogP contribution in [0.4, 0.5) is 0 Å². The Labute approximate surface area is 102 Å². The average Bonchev–Trinajstić information content (AvgIpc) is 2.16. The highest BCUT2D eigenvalue weighted by atomic mass is 35.7. The van der Waals surface area contributed by atoms with Gasteiger partial charge in [-0.05, 0) is 17.7 Å². The molecule has 0 aliphatic carbocycles. The van der Waals surface area contributed by atoms with Gasteiger partial charge in [-0.1, -0.05) is 0 Å². The molecule has 0 aromatic heterocycles. The van der Waals surface area contributed by atoms with Gasteiger partial charge in [0.05, 0.1) is 16.5 Å². The van der Waals surface area contributed by atoms with Crippen molar-refractivity contribution in [3.63, 3.8) is 0 Å². The second-order valence-electron chi connectivity index (χ2n) is 2.67. The van der Waals surface area contributed by atoms with Crippen LogP contribution in [0.2, 0.25) is 0 Å². The molecule has 0 bridgehead atoms. The maximum Gasteiger partial charge on any atom is 0.262 e. The molecule has 0 heterocycles. The summed E-state index contributed by atoms with van der Waals surface area (Å²) in [4.78, 5) is -0.0128. The largest absolute Gasteiger partial charge is 0.262 e. The lowest BCUT2D eigenvalue weighted by Crippen LogP contribution is -1.97. The van der Waals surface area contributed by atoms with E-state index in [0.717, 1.165) is 0 Å². The van der Waals surface area contributed by atoms with E-state index in [4.69, 9.17) is 27.5 Å². The van der Waals surface area contributed by atoms with Crippen LogP contribution in [-0.4, -0.2) is 8.42 Å². The topological polar surface area (TPSA) is 57.9 Å². The van der Waals surface area contributed by atoms with Crippen LogP contribution in [0.15, 0.2) is 21.9 Å². The fourth-order valence-electron chi connectivity index (χ4n) is 1.02. The summed E-state index contributed by atoms with van der Waals surface area (Å²) in [6, 6.07) is 4.47. The highest BCUT2D eigenvalue weighted by Gasteiger charge is 2.17. The van der Waals surface area contributed by atoms with Crippen molar-refractivity contribution in [3.05, 3.63) is 23.3 Å². The third-order valence-corrected chi connectivity index (χ3v) is 4.00. The first-order chi connectivity index (χ1) is 6.90. The number of hydrogen-bond donors (Lipinski definition) is 1. The minimum absolute atomic E-state index is 0.0633. The maximum atomic E-state index is 11.2. The molecule has 15 heavy (non-hydrogen) atoms. The predicted octanol–water partition coefficient (Wildman–Crippen LogP) is 2.51. The molecule has 0 amide bonds. The van der Waals surface area contributed by atoms with Crippen molar-refractivity contribution >= 4 is 44.0 Å². The zero-order valence-electron chi connectivity index (χ0n) is 7.24. The van der Waals surface area contributed by atoms with Crippen LogP contribution in [-0.2, 0) is 14.9 Å². The van der Waals surface area contributed by atoms with Crippen LogP contribution in [0.5, 0.6) is 0 Å². The molecule has 0 fully saturated rings. The molecule has 0 aliphatic heterocycles. The SMILES string of the molecule is N#Cc1cc(CCl)c(S)c(S(=O)(=O)Cl)c1. The van der Waals surface area contributed by atoms with Crippen LogP contribution in [0.25, 0.3) is 0 Å². The number of rotatable bonds is 2. The van der Waals surface area contributed by atoms with Crippen molar-refractivity contribution in [1.82, 2.24) is 0 Å². The normalized spacial score (nSPS) is 11.1. The minimum atomic E-state index is -3.91. The number of thiol groups is 1. The fraction of sp³-hybridized carbons (Fsp3) is 0.125. The van der Waals surface area contributed by atoms with Crippen molar-refractivity contribution in [2.45, 2.75) is 15.7 Å². The van der Waals surface area contributed by atoms with Gasteiger partial charge in [0.15, 0.2) is 0 Å². The Kier molecular flexibility index (Phi) is 3.90. The zero-order valence-corrected chi connectivity index (χ0v) is 10.5. The molecule has 0 saturated carbocycles. The second kappa shape index (κ2) is 4.62. The molecule has 0 atom stereocenters. The van der Waals surface area contributed by atoms with Crippen molar-refractivity contribution in [1.29, 1.82) is 5.26 Å². The number of alkyl halides is 1. The Morgan fingerprint density at radius 2 is 2.07 bits per heavy atom. The van der Waals surface area contributed by atoms with Crippen LogP contribution < -0.4 is 0 Å². The van der Waals surface area contributed by atoms with Crippen molar-refractivity contribution < 1.29 is 8.42 Å². The first kappa shape index (κ1) is 12.7. The smallest absolute Gasteiger partial charge is 0.207 e. The molecule has 1 aromatic carbocycles. The van der Waals surface area contributed by atoms with E-state index in [-0.39, 0.29) is 21.2 Å². The maximum absolute atomic E-state index is 11.2. The van der Waals surface area contributed by atoms with Gasteiger partial charge in [0.25, 0.3) is 9.05 Å². The summed E-state index contributed by atoms with van der Waals surface area (Å²) in [7, 11) is 1.28. The third kappa shape index (κ3) is 2.79. The lowest BCUT2D eigenvalue weighted by molar-refractivity contribution is 0.607. The van der Waals surface area contributed by atoms with E-state index in [2.05, 4.69) is 12.6 Å². The molecule has 0 saturated heterocycles. The summed E-state index contributed by atoms with van der Waals surface area (Å²) in [5.41, 5.74) is 0.640. The van der Waals surface area contributed by atoms with Crippen LogP contribution in [0, 0.1) is 11.3 Å². The second-order valence-corrected chi connectivity index (χ2v) is 5.91. The van der Waals surface area contributed by atoms with Crippen LogP contribution in [0.3, 0.4) is 0 Å². The molecule has 0 spiro atoms. The first-order valence-corrected chi connectivity index (χ1v) is 6.96. The molecule has 3 nitrogen and oxygen atoms in total. The van der Waals surface area contributed by atoms with Gasteiger partial charge < -0.3 is 0 Å². The summed E-state index contributed by atoms with van der Waals surface area (Å²) >= 11 is 9.60. The van der Waals surface area contributed by atoms with E-state index in [1.807, 2.05) is 6.07 Å². The molecular formula is C8H5Cl2NO2S2. The van der Waals surface area contributed by atoms with E-state index in [9.17, 15) is 8.42 Å². The number of hydrogen-bond acceptors (Lipinski definition) is 4. The van der Waals surface area contributed by atoms with Crippen molar-refractivity contribution in [3.8, 4) is 6.07 Å². The molecule has 0 N–H and O–H groups in total. The molecule has 7 heteroatoms. The Morgan fingerprint density at radius 1 is 1.47 bits per heavy atom. The van der Waals surface area contributed by atoms with Crippen LogP contribution in [0.1, 0.15) is 11.1 Å². The van der Waals surface area contributed by atoms with Crippen LogP contribution >= 0.6 is 34.9 Å². The highest BCUT2D eigenvalue weighted by Crippen LogP contribution is 2.29. The van der Waals surface area contributed by atoms with E-state index < -0.39 is 9.05 Å². The average molecular weight is 282 g/mol. The lowest BCUT2D eigenvalue weighted by atomic mass is 10.1. The Bertz CT molecular complexity index is 534. The van der Waals surface area contributed by atoms with Gasteiger partial charge in [-0.2, -0.15) is 5.26 Å². The van der Waals surface area contributed by atoms with E-state index in [0.29, 0.717) is 5.56 Å². The molecule has 0 radical (unpaired) electrons. The summed E-state index contributed by atoms with van der Waals surface area (Å²) in [5, 5.41) is 8.68. The van der Waals surface area contributed by atoms with Gasteiger partial charge in [0.2, 0.25) is 0 Å². The van der Waals surface area contributed by atoms with E-state index in [1.54, 1.807) is 0 Å². The Hall–Kier alpha value is -0.410. The molecule has 0 unspecified atom stereocenters. The minimum Gasteiger partial charge on any atom is -0.207 e. The standard InChI is InChI=1S/C8H5Cl2NO2S2/c9-3-6-1-5(4-11)2-7(8(6)14)15(10,12)13/h1-2,14H,3H2. The molecule has 1 aromatic rings. The Balaban J connectivity index is 3.60. The van der Waals surface area contributed by atoms with E-state index in [1.165, 1.54) is 12.1 Å². The molecule has 80 valence electrons. The zero-order chi connectivity index (χ0) is 11.6. The highest BCUT2D eigenvalue weighted by molar-refractivity contribution is 8.14. The van der Waals surface area contributed by atoms with Gasteiger partial charge in [0, 0.05) is 21.5 Å². The first-order valence-electron chi connectivity index (χ1n) is 3.66.